The average Bonchev–Trinajstić information content (AvgIpc) is 3.56. The molecule has 3 N–H and O–H groups in total. The second kappa shape index (κ2) is 10.3. The molecule has 0 saturated carbocycles. The zero-order chi connectivity index (χ0) is 29.5. The summed E-state index contributed by atoms with van der Waals surface area (Å²) < 4.78 is 58.0. The lowest BCUT2D eigenvalue weighted by Gasteiger charge is -2.34. The Labute approximate surface area is 226 Å². The van der Waals surface area contributed by atoms with E-state index in [1.54, 1.807) is 35.2 Å². The summed E-state index contributed by atoms with van der Waals surface area (Å²) >= 11 is 0. The lowest BCUT2D eigenvalue weighted by atomic mass is 10.1. The number of ketones is 1. The number of carbonyl (C=O) groups excluding carboxylic acids is 4. The Morgan fingerprint density at radius 1 is 1.02 bits per heavy atom. The highest BCUT2D eigenvalue weighted by molar-refractivity contribution is 6.45. The highest BCUT2D eigenvalue weighted by atomic mass is 19.4. The molecule has 5 rings (SSSR count). The molecule has 2 amide bonds. The maximum Gasteiger partial charge on any atom is 0.491 e. The number of carbonyl (C=O) groups is 4. The minimum atomic E-state index is -5.34. The standard InChI is InChI=1S/C24H18F4N8O5/c25-15-11-31-20(36-16(12-35(29)32-36)41-23(40)24(26,27)28)18-17(15)14(10-30-18)19(37)22(39)34-8-6-33(7-9-34)21(38)13-4-2-1-3-5-13/h1-5,10-12H,6-9H2,(H2-,29,30,31,32,37)/p+1. The Morgan fingerprint density at radius 3 is 2.34 bits per heavy atom. The monoisotopic (exact) mass is 575 g/mol. The molecular weight excluding hydrogens is 556 g/mol. The van der Waals surface area contributed by atoms with E-state index >= 15 is 0 Å². The number of halogens is 4. The van der Waals surface area contributed by atoms with E-state index in [1.807, 2.05) is 0 Å². The number of hydrogen-bond donors (Lipinski definition) is 2. The molecule has 13 nitrogen and oxygen atoms in total. The molecule has 4 heterocycles. The van der Waals surface area contributed by atoms with Gasteiger partial charge < -0.3 is 19.5 Å². The molecule has 41 heavy (non-hydrogen) atoms. The number of nitrogens with one attached hydrogen (secondary N) is 1. The maximum atomic E-state index is 14.9. The minimum absolute atomic E-state index is 0.0541. The summed E-state index contributed by atoms with van der Waals surface area (Å²) in [6.07, 6.45) is -2.91. The smallest absolute Gasteiger partial charge is 0.385 e. The number of fused-ring (bicyclic) bond motifs is 1. The zero-order valence-electron chi connectivity index (χ0n) is 20.8. The van der Waals surface area contributed by atoms with Crippen LogP contribution in [-0.4, -0.2) is 85.7 Å². The first-order valence-electron chi connectivity index (χ1n) is 11.9. The fraction of sp³-hybridized carbons (Fsp3) is 0.208. The van der Waals surface area contributed by atoms with Crippen molar-refractivity contribution < 1.29 is 46.2 Å². The molecule has 1 aliphatic rings. The summed E-state index contributed by atoms with van der Waals surface area (Å²) in [5.41, 5.74) is -0.140. The molecule has 0 atom stereocenters. The number of benzene rings is 1. The molecule has 1 saturated heterocycles. The molecule has 3 aromatic heterocycles. The number of nitrogen functional groups attached to an aromatic ring is 1. The van der Waals surface area contributed by atoms with E-state index in [2.05, 4.69) is 19.9 Å². The van der Waals surface area contributed by atoms with Crippen molar-refractivity contribution in [3.05, 3.63) is 65.9 Å². The first-order valence-corrected chi connectivity index (χ1v) is 11.9. The third-order valence-electron chi connectivity index (χ3n) is 6.23. The van der Waals surface area contributed by atoms with Gasteiger partial charge in [-0.05, 0) is 12.1 Å². The summed E-state index contributed by atoms with van der Waals surface area (Å²) in [4.78, 5) is 59.9. The van der Waals surface area contributed by atoms with Crippen LogP contribution in [-0.2, 0) is 9.59 Å². The van der Waals surface area contributed by atoms with Crippen LogP contribution >= 0.6 is 0 Å². The van der Waals surface area contributed by atoms with Crippen LogP contribution in [0.15, 0.2) is 48.9 Å². The number of alkyl halides is 3. The lowest BCUT2D eigenvalue weighted by molar-refractivity contribution is -0.667. The van der Waals surface area contributed by atoms with E-state index in [1.165, 1.54) is 4.90 Å². The van der Waals surface area contributed by atoms with Gasteiger partial charge in [0.1, 0.15) is 11.7 Å². The number of nitrogens with zero attached hydrogens (tertiary/aromatic N) is 6. The number of Topliss-reactive ketones (excluding diaryl/α,β-unsaturated/α-hetero) is 1. The first kappa shape index (κ1) is 27.2. The third-order valence-corrected chi connectivity index (χ3v) is 6.23. The van der Waals surface area contributed by atoms with Gasteiger partial charge in [0.05, 0.1) is 16.2 Å². The zero-order valence-corrected chi connectivity index (χ0v) is 20.8. The Balaban J connectivity index is 1.38. The van der Waals surface area contributed by atoms with Crippen LogP contribution in [0.4, 0.5) is 17.6 Å². The highest BCUT2D eigenvalue weighted by Gasteiger charge is 2.43. The van der Waals surface area contributed by atoms with Gasteiger partial charge in [0.2, 0.25) is 0 Å². The van der Waals surface area contributed by atoms with E-state index in [0.29, 0.717) is 21.2 Å². The van der Waals surface area contributed by atoms with Gasteiger partial charge in [-0.15, -0.1) is 4.98 Å². The number of amides is 2. The molecule has 0 radical (unpaired) electrons. The number of pyridine rings is 1. The Bertz CT molecular complexity index is 1680. The van der Waals surface area contributed by atoms with E-state index in [9.17, 15) is 36.7 Å². The predicted octanol–water partition coefficient (Wildman–Crippen LogP) is 0.524. The van der Waals surface area contributed by atoms with Crippen LogP contribution in [0, 0.1) is 5.82 Å². The van der Waals surface area contributed by atoms with Crippen molar-refractivity contribution >= 4 is 34.5 Å². The number of rotatable bonds is 5. The number of ether oxygens (including phenoxy) is 1. The van der Waals surface area contributed by atoms with Gasteiger partial charge in [0.25, 0.3) is 17.6 Å². The van der Waals surface area contributed by atoms with Crippen molar-refractivity contribution in [3.63, 3.8) is 0 Å². The van der Waals surface area contributed by atoms with Crippen LogP contribution in [0.1, 0.15) is 20.7 Å². The van der Waals surface area contributed by atoms with E-state index < -0.39 is 40.9 Å². The van der Waals surface area contributed by atoms with Gasteiger partial charge in [-0.1, -0.05) is 27.7 Å². The summed E-state index contributed by atoms with van der Waals surface area (Å²) in [5.74, 6) is -1.55. The van der Waals surface area contributed by atoms with Crippen LogP contribution in [0.3, 0.4) is 0 Å². The van der Waals surface area contributed by atoms with E-state index in [0.717, 1.165) is 12.4 Å². The molecule has 0 aliphatic carbocycles. The molecular formula is C24H19F4N8O5+. The summed E-state index contributed by atoms with van der Waals surface area (Å²) in [6, 6.07) is 8.55. The lowest BCUT2D eigenvalue weighted by Crippen LogP contribution is -2.52. The Hall–Kier alpha value is -5.35. The average molecular weight is 575 g/mol. The number of aromatic nitrogens is 5. The highest BCUT2D eigenvalue weighted by Crippen LogP contribution is 2.26. The van der Waals surface area contributed by atoms with Gasteiger partial charge in [0.15, 0.2) is 12.0 Å². The van der Waals surface area contributed by atoms with E-state index in [-0.39, 0.29) is 49.0 Å². The summed E-state index contributed by atoms with van der Waals surface area (Å²) in [6.45, 7) is 0.443. The van der Waals surface area contributed by atoms with E-state index in [4.69, 9.17) is 5.84 Å². The van der Waals surface area contributed by atoms with Crippen LogP contribution in [0.5, 0.6) is 5.88 Å². The number of H-pyrrole nitrogens is 1. The predicted molar refractivity (Wildman–Crippen MR) is 128 cm³/mol. The van der Waals surface area contributed by atoms with Gasteiger partial charge in [-0.2, -0.15) is 13.2 Å². The van der Waals surface area contributed by atoms with Crippen molar-refractivity contribution in [1.29, 1.82) is 0 Å². The quantitative estimate of drug-likeness (QED) is 0.0870. The second-order valence-electron chi connectivity index (χ2n) is 8.80. The minimum Gasteiger partial charge on any atom is -0.385 e. The van der Waals surface area contributed by atoms with Gasteiger partial charge in [0, 0.05) is 37.9 Å². The molecule has 4 aromatic rings. The molecule has 0 unspecified atom stereocenters. The number of piperazine rings is 1. The first-order chi connectivity index (χ1) is 19.5. The molecule has 0 spiro atoms. The van der Waals surface area contributed by atoms with Crippen LogP contribution < -0.4 is 15.3 Å². The molecule has 212 valence electrons. The van der Waals surface area contributed by atoms with Crippen LogP contribution in [0.2, 0.25) is 0 Å². The van der Waals surface area contributed by atoms with Gasteiger partial charge >= 0.3 is 23.8 Å². The molecule has 1 fully saturated rings. The maximum absolute atomic E-state index is 14.9. The molecule has 1 aliphatic heterocycles. The van der Waals surface area contributed by atoms with Crippen molar-refractivity contribution in [2.75, 3.05) is 32.0 Å². The molecule has 17 heteroatoms. The fourth-order valence-corrected chi connectivity index (χ4v) is 4.28. The summed E-state index contributed by atoms with van der Waals surface area (Å²) in [7, 11) is 0. The normalized spacial score (nSPS) is 13.9. The molecule has 0 bridgehead atoms. The van der Waals surface area contributed by atoms with Crippen molar-refractivity contribution in [3.8, 4) is 11.7 Å². The van der Waals surface area contributed by atoms with Crippen molar-refractivity contribution in [1.82, 2.24) is 29.8 Å². The summed E-state index contributed by atoms with van der Waals surface area (Å²) in [5, 5.41) is 3.27. The topological polar surface area (TPSA) is 160 Å². The second-order valence-corrected chi connectivity index (χ2v) is 8.80. The number of aromatic amines is 1. The van der Waals surface area contributed by atoms with Gasteiger partial charge in [-0.25, -0.2) is 9.18 Å². The number of hydrogen-bond acceptors (Lipinski definition) is 8. The fourth-order valence-electron chi connectivity index (χ4n) is 4.28. The SMILES string of the molecule is Nn1cc(OC(=O)C(F)(F)F)[n+](-c2ncc(F)c3c(C(=O)C(=O)N4CCN(C(=O)c5ccccc5)CC4)c[nH]c23)n1. The van der Waals surface area contributed by atoms with Crippen LogP contribution in [0.25, 0.3) is 16.7 Å². The Morgan fingerprint density at radius 2 is 1.68 bits per heavy atom. The largest absolute Gasteiger partial charge is 0.491 e. The van der Waals surface area contributed by atoms with Crippen molar-refractivity contribution in [2.45, 2.75) is 6.18 Å². The Kier molecular flexibility index (Phi) is 6.85. The number of esters is 1. The third kappa shape index (κ3) is 5.15. The molecule has 1 aromatic carbocycles. The van der Waals surface area contributed by atoms with Crippen molar-refractivity contribution in [2.24, 2.45) is 0 Å². The van der Waals surface area contributed by atoms with Gasteiger partial charge in [-0.3, -0.25) is 20.2 Å². The number of nitrogens with two attached hydrogens (primary N) is 1.